The summed E-state index contributed by atoms with van der Waals surface area (Å²) in [6.07, 6.45) is 6.59. The molecule has 0 saturated carbocycles. The Labute approximate surface area is 110 Å². The third kappa shape index (κ3) is 3.09. The van der Waals surface area contributed by atoms with Crippen molar-refractivity contribution in [3.05, 3.63) is 37.1 Å². The first-order valence-electron chi connectivity index (χ1n) is 5.86. The van der Waals surface area contributed by atoms with Crippen molar-refractivity contribution in [1.29, 1.82) is 0 Å². The van der Waals surface area contributed by atoms with Crippen molar-refractivity contribution in [2.45, 2.75) is 25.8 Å². The molecule has 0 atom stereocenters. The van der Waals surface area contributed by atoms with E-state index in [1.807, 2.05) is 19.9 Å². The second kappa shape index (κ2) is 5.09. The molecule has 0 unspecified atom stereocenters. The number of hydrogen-bond donors (Lipinski definition) is 1. The molecule has 0 aromatic carbocycles. The van der Waals surface area contributed by atoms with Crippen LogP contribution in [-0.2, 0) is 10.3 Å². The van der Waals surface area contributed by atoms with Crippen LogP contribution in [0.2, 0.25) is 0 Å². The Morgan fingerprint density at radius 3 is 2.74 bits per heavy atom. The quantitative estimate of drug-likeness (QED) is 0.830. The number of aliphatic carboxylic acids is 1. The van der Waals surface area contributed by atoms with Crippen molar-refractivity contribution in [3.8, 4) is 11.3 Å². The van der Waals surface area contributed by atoms with Gasteiger partial charge in [0.25, 0.3) is 0 Å². The first-order chi connectivity index (χ1) is 8.99. The fourth-order valence-electron chi connectivity index (χ4n) is 1.78. The maximum atomic E-state index is 10.8. The van der Waals surface area contributed by atoms with Gasteiger partial charge in [0.05, 0.1) is 5.69 Å². The molecule has 0 spiro atoms. The van der Waals surface area contributed by atoms with Crippen LogP contribution < -0.4 is 4.68 Å². The number of rotatable bonds is 4. The molecule has 0 aliphatic carbocycles. The number of aromatic nitrogens is 4. The van der Waals surface area contributed by atoms with Crippen molar-refractivity contribution in [3.63, 3.8) is 0 Å². The van der Waals surface area contributed by atoms with Gasteiger partial charge in [-0.05, 0) is 11.2 Å². The maximum absolute atomic E-state index is 10.8. The standard InChI is InChI=1S/C13H14N4O2/c1-13(2,7-12(18)19)17-6-4-10(8-16-17)11-3-5-14-9-15-11/h3-6,8-9H,7H2,1-2H3/p+1. The second-order valence-corrected chi connectivity index (χ2v) is 4.84. The van der Waals surface area contributed by atoms with Gasteiger partial charge in [-0.25, -0.2) is 9.97 Å². The van der Waals surface area contributed by atoms with Crippen LogP contribution in [-0.4, -0.2) is 26.1 Å². The number of hydrogen-bond acceptors (Lipinski definition) is 4. The minimum atomic E-state index is -0.848. The summed E-state index contributed by atoms with van der Waals surface area (Å²) < 4.78 is 1.64. The zero-order valence-corrected chi connectivity index (χ0v) is 10.8. The highest BCUT2D eigenvalue weighted by Gasteiger charge is 2.33. The molecule has 0 bridgehead atoms. The maximum Gasteiger partial charge on any atom is 0.310 e. The molecule has 98 valence electrons. The summed E-state index contributed by atoms with van der Waals surface area (Å²) in [6.45, 7) is 3.66. The minimum Gasteiger partial charge on any atom is -0.481 e. The zero-order valence-electron chi connectivity index (χ0n) is 10.8. The van der Waals surface area contributed by atoms with E-state index in [9.17, 15) is 4.79 Å². The molecule has 2 aromatic heterocycles. The Kier molecular flexibility index (Phi) is 3.50. The van der Waals surface area contributed by atoms with E-state index in [1.165, 1.54) is 6.33 Å². The molecule has 6 heteroatoms. The molecular weight excluding hydrogens is 244 g/mol. The predicted octanol–water partition coefficient (Wildman–Crippen LogP) is 1.04. The largest absolute Gasteiger partial charge is 0.481 e. The van der Waals surface area contributed by atoms with Gasteiger partial charge >= 0.3 is 5.97 Å². The molecule has 0 radical (unpaired) electrons. The van der Waals surface area contributed by atoms with Gasteiger partial charge in [-0.3, -0.25) is 4.79 Å². The fraction of sp³-hybridized carbons (Fsp3) is 0.308. The van der Waals surface area contributed by atoms with Gasteiger partial charge in [-0.15, -0.1) is 0 Å². The lowest BCUT2D eigenvalue weighted by Gasteiger charge is -2.14. The van der Waals surface area contributed by atoms with Crippen molar-refractivity contribution in [2.75, 3.05) is 0 Å². The van der Waals surface area contributed by atoms with Crippen LogP contribution >= 0.6 is 0 Å². The van der Waals surface area contributed by atoms with Crippen LogP contribution in [0.25, 0.3) is 11.3 Å². The second-order valence-electron chi connectivity index (χ2n) is 4.84. The molecular formula is C13H15N4O2+. The normalized spacial score (nSPS) is 11.3. The van der Waals surface area contributed by atoms with Crippen molar-refractivity contribution in [2.24, 2.45) is 0 Å². The highest BCUT2D eigenvalue weighted by atomic mass is 16.4. The lowest BCUT2D eigenvalue weighted by Crippen LogP contribution is -2.55. The summed E-state index contributed by atoms with van der Waals surface area (Å²) in [5.41, 5.74) is 1.08. The fourth-order valence-corrected chi connectivity index (χ4v) is 1.78. The summed E-state index contributed by atoms with van der Waals surface area (Å²) in [5.74, 6) is -0.848. The van der Waals surface area contributed by atoms with E-state index in [4.69, 9.17) is 5.11 Å². The average Bonchev–Trinajstić information content (AvgIpc) is 2.38. The van der Waals surface area contributed by atoms with Crippen LogP contribution in [0.3, 0.4) is 0 Å². The van der Waals surface area contributed by atoms with Gasteiger partial charge in [-0.1, -0.05) is 4.68 Å². The molecule has 1 N–H and O–H groups in total. The average molecular weight is 259 g/mol. The first-order valence-corrected chi connectivity index (χ1v) is 5.86. The summed E-state index contributed by atoms with van der Waals surface area (Å²) in [6, 6.07) is 3.66. The number of carboxylic acid groups (broad SMARTS) is 1. The number of carboxylic acids is 1. The van der Waals surface area contributed by atoms with Crippen LogP contribution in [0.15, 0.2) is 37.1 Å². The molecule has 0 aliphatic heterocycles. The highest BCUT2D eigenvalue weighted by Crippen LogP contribution is 2.14. The molecule has 2 rings (SSSR count). The van der Waals surface area contributed by atoms with E-state index in [-0.39, 0.29) is 6.42 Å². The first kappa shape index (κ1) is 13.1. The van der Waals surface area contributed by atoms with Gasteiger partial charge < -0.3 is 5.11 Å². The van der Waals surface area contributed by atoms with E-state index in [0.29, 0.717) is 0 Å². The third-order valence-electron chi connectivity index (χ3n) is 2.80. The van der Waals surface area contributed by atoms with E-state index < -0.39 is 11.5 Å². The molecule has 2 aromatic rings. The lowest BCUT2D eigenvalue weighted by atomic mass is 10.0. The summed E-state index contributed by atoms with van der Waals surface area (Å²) in [4.78, 5) is 18.8. The minimum absolute atomic E-state index is 0.0114. The Bertz CT molecular complexity index is 567. The number of carbonyl (C=O) groups is 1. The SMILES string of the molecule is CC(C)(CC(=O)O)[n+]1ccc(-c2ccncn2)cn1. The lowest BCUT2D eigenvalue weighted by molar-refractivity contribution is -0.808. The van der Waals surface area contributed by atoms with Crippen LogP contribution in [0.4, 0.5) is 0 Å². The van der Waals surface area contributed by atoms with Crippen LogP contribution in [0, 0.1) is 0 Å². The van der Waals surface area contributed by atoms with Crippen molar-refractivity contribution >= 4 is 5.97 Å². The smallest absolute Gasteiger partial charge is 0.310 e. The molecule has 0 amide bonds. The third-order valence-corrected chi connectivity index (χ3v) is 2.80. The zero-order chi connectivity index (χ0) is 13.9. The van der Waals surface area contributed by atoms with Crippen molar-refractivity contribution < 1.29 is 14.6 Å². The number of nitrogens with zero attached hydrogens (tertiary/aromatic N) is 4. The Morgan fingerprint density at radius 1 is 1.42 bits per heavy atom. The van der Waals surface area contributed by atoms with E-state index in [2.05, 4.69) is 15.1 Å². The topological polar surface area (TPSA) is 79.9 Å². The van der Waals surface area contributed by atoms with E-state index >= 15 is 0 Å². The highest BCUT2D eigenvalue weighted by molar-refractivity contribution is 5.67. The molecule has 0 saturated heterocycles. The summed E-state index contributed by atoms with van der Waals surface area (Å²) >= 11 is 0. The Hall–Kier alpha value is -2.37. The van der Waals surface area contributed by atoms with Gasteiger partial charge in [0.1, 0.15) is 18.9 Å². The van der Waals surface area contributed by atoms with E-state index in [1.54, 1.807) is 29.3 Å². The predicted molar refractivity (Wildman–Crippen MR) is 67.0 cm³/mol. The van der Waals surface area contributed by atoms with Gasteiger partial charge in [-0.2, -0.15) is 0 Å². The van der Waals surface area contributed by atoms with Crippen LogP contribution in [0.5, 0.6) is 0 Å². The van der Waals surface area contributed by atoms with Crippen molar-refractivity contribution in [1.82, 2.24) is 15.1 Å². The molecule has 2 heterocycles. The summed E-state index contributed by atoms with van der Waals surface area (Å²) in [5, 5.41) is 13.2. The molecule has 19 heavy (non-hydrogen) atoms. The molecule has 0 aliphatic rings. The van der Waals surface area contributed by atoms with Gasteiger partial charge in [0, 0.05) is 31.7 Å². The Balaban J connectivity index is 2.26. The molecule has 6 nitrogen and oxygen atoms in total. The van der Waals surface area contributed by atoms with E-state index in [0.717, 1.165) is 11.3 Å². The summed E-state index contributed by atoms with van der Waals surface area (Å²) in [7, 11) is 0. The van der Waals surface area contributed by atoms with Crippen LogP contribution in [0.1, 0.15) is 20.3 Å². The van der Waals surface area contributed by atoms with Gasteiger partial charge in [0.15, 0.2) is 11.7 Å². The monoisotopic (exact) mass is 259 g/mol. The Morgan fingerprint density at radius 2 is 2.21 bits per heavy atom. The van der Waals surface area contributed by atoms with Gasteiger partial charge in [0.2, 0.25) is 0 Å². The molecule has 0 fully saturated rings.